The van der Waals surface area contributed by atoms with Crippen molar-refractivity contribution < 1.29 is 47.7 Å². The van der Waals surface area contributed by atoms with Crippen LogP contribution in [0.15, 0.2) is 11.5 Å². The molecule has 0 spiro atoms. The maximum absolute atomic E-state index is 12.8. The van der Waals surface area contributed by atoms with Gasteiger partial charge in [-0.15, -0.1) is 0 Å². The van der Waals surface area contributed by atoms with Crippen LogP contribution in [0.1, 0.15) is 207 Å². The topological polar surface area (TPSA) is 132 Å². The molecule has 52 heavy (non-hydrogen) atoms. The van der Waals surface area contributed by atoms with Crippen molar-refractivity contribution in [3.05, 3.63) is 11.5 Å². The summed E-state index contributed by atoms with van der Waals surface area (Å²) < 4.78 is 26.7. The monoisotopic (exact) mass is 737 g/mol. The fraction of sp³-hybridized carbons (Fsp3) is 0.833. The molecular formula is C42H72O10. The van der Waals surface area contributed by atoms with Gasteiger partial charge in [-0.05, 0) is 12.8 Å². The van der Waals surface area contributed by atoms with Crippen LogP contribution in [-0.4, -0.2) is 48.7 Å². The zero-order valence-corrected chi connectivity index (χ0v) is 33.2. The van der Waals surface area contributed by atoms with E-state index in [0.717, 1.165) is 52.4 Å². The second-order valence-electron chi connectivity index (χ2n) is 14.4. The molecule has 300 valence electrons. The largest absolute Gasteiger partial charge is 0.462 e. The maximum atomic E-state index is 12.8. The van der Waals surface area contributed by atoms with Gasteiger partial charge in [0.25, 0.3) is 5.76 Å². The lowest BCUT2D eigenvalue weighted by Gasteiger charge is -2.23. The Hall–Kier alpha value is -2.91. The highest BCUT2D eigenvalue weighted by molar-refractivity contribution is 5.93. The molecule has 0 aromatic rings. The minimum absolute atomic E-state index is 0.0852. The number of cyclic esters (lactones) is 1. The summed E-state index contributed by atoms with van der Waals surface area (Å²) >= 11 is 0. The van der Waals surface area contributed by atoms with Gasteiger partial charge in [-0.25, -0.2) is 4.79 Å². The van der Waals surface area contributed by atoms with Crippen LogP contribution in [0.25, 0.3) is 0 Å². The highest BCUT2D eigenvalue weighted by Crippen LogP contribution is 2.30. The Morgan fingerprint density at radius 2 is 0.923 bits per heavy atom. The molecule has 1 aliphatic heterocycles. The molecule has 0 saturated heterocycles. The van der Waals surface area contributed by atoms with Crippen LogP contribution in [0.3, 0.4) is 0 Å². The Labute approximate surface area is 314 Å². The van der Waals surface area contributed by atoms with Gasteiger partial charge < -0.3 is 23.7 Å². The Morgan fingerprint density at radius 1 is 0.538 bits per heavy atom. The van der Waals surface area contributed by atoms with Crippen molar-refractivity contribution in [1.82, 2.24) is 0 Å². The van der Waals surface area contributed by atoms with Crippen LogP contribution in [-0.2, 0) is 47.7 Å². The molecule has 10 heteroatoms. The van der Waals surface area contributed by atoms with Crippen LogP contribution in [0.4, 0.5) is 0 Å². The Kier molecular flexibility index (Phi) is 28.6. The van der Waals surface area contributed by atoms with Gasteiger partial charge in [0.15, 0.2) is 6.10 Å². The molecule has 2 atom stereocenters. The first-order valence-electron chi connectivity index (χ1n) is 20.9. The van der Waals surface area contributed by atoms with Crippen LogP contribution in [0.5, 0.6) is 0 Å². The van der Waals surface area contributed by atoms with E-state index in [4.69, 9.17) is 23.7 Å². The summed E-state index contributed by atoms with van der Waals surface area (Å²) in [7, 11) is 0. The van der Waals surface area contributed by atoms with E-state index >= 15 is 0 Å². The third-order valence-electron chi connectivity index (χ3n) is 9.40. The van der Waals surface area contributed by atoms with E-state index in [-0.39, 0.29) is 18.6 Å². The van der Waals surface area contributed by atoms with Crippen molar-refractivity contribution in [3.8, 4) is 0 Å². The number of carbonyl (C=O) groups excluding carboxylic acids is 5. The molecule has 0 saturated carbocycles. The number of hydrogen-bond donors (Lipinski definition) is 0. The molecule has 10 nitrogen and oxygen atoms in total. The number of unbranched alkanes of at least 4 members (excludes halogenated alkanes) is 24. The maximum Gasteiger partial charge on any atom is 0.379 e. The van der Waals surface area contributed by atoms with E-state index in [1.54, 1.807) is 0 Å². The Bertz CT molecular complexity index is 1040. The van der Waals surface area contributed by atoms with E-state index in [0.29, 0.717) is 12.8 Å². The lowest BCUT2D eigenvalue weighted by molar-refractivity contribution is -0.171. The predicted molar refractivity (Wildman–Crippen MR) is 202 cm³/mol. The van der Waals surface area contributed by atoms with Gasteiger partial charge in [-0.2, -0.15) is 0 Å². The van der Waals surface area contributed by atoms with Crippen molar-refractivity contribution in [3.63, 3.8) is 0 Å². The Balaban J connectivity index is 2.48. The molecule has 0 amide bonds. The van der Waals surface area contributed by atoms with E-state index in [9.17, 15) is 24.0 Å². The van der Waals surface area contributed by atoms with Gasteiger partial charge >= 0.3 is 29.8 Å². The van der Waals surface area contributed by atoms with Gasteiger partial charge in [0.1, 0.15) is 6.61 Å². The predicted octanol–water partition coefficient (Wildman–Crippen LogP) is 10.7. The number of esters is 5. The minimum Gasteiger partial charge on any atom is -0.462 e. The molecule has 0 aromatic carbocycles. The van der Waals surface area contributed by atoms with Crippen molar-refractivity contribution in [2.45, 2.75) is 220 Å². The van der Waals surface area contributed by atoms with Gasteiger partial charge in [0, 0.05) is 26.7 Å². The molecule has 1 rings (SSSR count). The van der Waals surface area contributed by atoms with Gasteiger partial charge in [-0.1, -0.05) is 168 Å². The van der Waals surface area contributed by atoms with E-state index < -0.39 is 54.4 Å². The van der Waals surface area contributed by atoms with E-state index in [1.165, 1.54) is 116 Å². The summed E-state index contributed by atoms with van der Waals surface area (Å²) in [5.41, 5.74) is 0. The van der Waals surface area contributed by atoms with Crippen LogP contribution < -0.4 is 0 Å². The number of ether oxygens (including phenoxy) is 5. The first kappa shape index (κ1) is 47.1. The van der Waals surface area contributed by atoms with Gasteiger partial charge in [0.05, 0.1) is 0 Å². The summed E-state index contributed by atoms with van der Waals surface area (Å²) in [6, 6.07) is 0. The normalized spacial score (nSPS) is 14.6. The van der Waals surface area contributed by atoms with Crippen molar-refractivity contribution in [2.75, 3.05) is 6.61 Å². The number of hydrogen-bond acceptors (Lipinski definition) is 10. The van der Waals surface area contributed by atoms with Crippen molar-refractivity contribution in [1.29, 1.82) is 0 Å². The molecule has 0 fully saturated rings. The summed E-state index contributed by atoms with van der Waals surface area (Å²) in [5, 5.41) is 0. The highest BCUT2D eigenvalue weighted by Gasteiger charge is 2.46. The smallest absolute Gasteiger partial charge is 0.379 e. The van der Waals surface area contributed by atoms with Crippen LogP contribution >= 0.6 is 0 Å². The second-order valence-corrected chi connectivity index (χ2v) is 14.4. The molecule has 0 radical (unpaired) electrons. The molecule has 1 aliphatic rings. The SMILES string of the molecule is CCCCCCCCCCCCCCCC(=O)OC[C@H](OC(C)=O)[C@H]1OC(=O)C(OC(C)=O)=C1OC(=O)CCCCCCCCCCCCCCC. The van der Waals surface area contributed by atoms with Crippen molar-refractivity contribution in [2.24, 2.45) is 0 Å². The lowest BCUT2D eigenvalue weighted by atomic mass is 10.0. The van der Waals surface area contributed by atoms with Crippen LogP contribution in [0.2, 0.25) is 0 Å². The molecule has 0 unspecified atom stereocenters. The molecule has 0 bridgehead atoms. The third kappa shape index (κ3) is 24.4. The fourth-order valence-corrected chi connectivity index (χ4v) is 6.43. The van der Waals surface area contributed by atoms with E-state index in [1.807, 2.05) is 0 Å². The van der Waals surface area contributed by atoms with E-state index in [2.05, 4.69) is 13.8 Å². The first-order valence-corrected chi connectivity index (χ1v) is 20.9. The van der Waals surface area contributed by atoms with Gasteiger partial charge in [0.2, 0.25) is 11.9 Å². The van der Waals surface area contributed by atoms with Crippen molar-refractivity contribution >= 4 is 29.8 Å². The summed E-state index contributed by atoms with van der Waals surface area (Å²) in [5.74, 6) is -4.62. The molecule has 0 aliphatic carbocycles. The zero-order valence-electron chi connectivity index (χ0n) is 33.2. The summed E-state index contributed by atoms with van der Waals surface area (Å²) in [6.07, 6.45) is 28.2. The molecular weight excluding hydrogens is 664 g/mol. The molecule has 0 N–H and O–H groups in total. The van der Waals surface area contributed by atoms with Gasteiger partial charge in [-0.3, -0.25) is 19.2 Å². The fourth-order valence-electron chi connectivity index (χ4n) is 6.43. The zero-order chi connectivity index (χ0) is 38.2. The second kappa shape index (κ2) is 31.6. The lowest BCUT2D eigenvalue weighted by Crippen LogP contribution is -2.38. The summed E-state index contributed by atoms with van der Waals surface area (Å²) in [6.45, 7) is 6.30. The number of carbonyl (C=O) groups is 5. The average molecular weight is 737 g/mol. The van der Waals surface area contributed by atoms with Crippen LogP contribution in [0, 0.1) is 0 Å². The quantitative estimate of drug-likeness (QED) is 0.0357. The number of rotatable bonds is 34. The third-order valence-corrected chi connectivity index (χ3v) is 9.40. The standard InChI is InChI=1S/C42H72O10/c1-5-7-9-11-13-15-17-19-21-23-25-27-29-31-37(45)48-33-36(49-34(3)43)39-40(41(42(47)52-39)50-35(4)44)51-38(46)32-30-28-26-24-22-20-18-16-14-12-10-8-6-2/h36,39H,5-33H2,1-4H3/t36-,39+/m0/s1. The average Bonchev–Trinajstić information content (AvgIpc) is 3.40. The summed E-state index contributed by atoms with van der Waals surface area (Å²) in [4.78, 5) is 61.8. The molecule has 0 aromatic heterocycles. The highest BCUT2D eigenvalue weighted by atomic mass is 16.7. The molecule has 1 heterocycles. The Morgan fingerprint density at radius 3 is 1.31 bits per heavy atom. The minimum atomic E-state index is -1.43. The first-order chi connectivity index (χ1) is 25.2.